The molecule has 0 spiro atoms. The van der Waals surface area contributed by atoms with Crippen molar-refractivity contribution < 1.29 is 14.3 Å². The van der Waals surface area contributed by atoms with Crippen LogP contribution in [-0.2, 0) is 9.53 Å². The van der Waals surface area contributed by atoms with Crippen LogP contribution in [0.5, 0.6) is 0 Å². The third-order valence-electron chi connectivity index (χ3n) is 3.30. The number of carbonyl (C=O) groups is 2. The molecule has 0 fully saturated rings. The van der Waals surface area contributed by atoms with Gasteiger partial charge in [0, 0.05) is 12.2 Å². The average molecular weight is 420 g/mol. The van der Waals surface area contributed by atoms with E-state index in [2.05, 4.69) is 34.3 Å². The Bertz CT molecular complexity index is 672. The minimum Gasteiger partial charge on any atom is -0.382 e. The number of aliphatic imine (C=N–C) groups is 2. The highest BCUT2D eigenvalue weighted by Crippen LogP contribution is 1.99. The molecule has 1 aromatic rings. The van der Waals surface area contributed by atoms with Crippen molar-refractivity contribution in [1.82, 2.24) is 10.6 Å². The minimum absolute atomic E-state index is 0.00369. The van der Waals surface area contributed by atoms with Crippen molar-refractivity contribution in [2.45, 2.75) is 47.5 Å². The van der Waals surface area contributed by atoms with Crippen molar-refractivity contribution in [3.63, 3.8) is 0 Å². The zero-order valence-electron chi connectivity index (χ0n) is 18.9. The van der Waals surface area contributed by atoms with Crippen molar-refractivity contribution in [2.75, 3.05) is 19.9 Å². The number of nitrogens with zero attached hydrogens (tertiary/aromatic N) is 2. The van der Waals surface area contributed by atoms with Gasteiger partial charge in [0.15, 0.2) is 0 Å². The molecule has 4 N–H and O–H groups in total. The Morgan fingerprint density at radius 1 is 1.33 bits per heavy atom. The summed E-state index contributed by atoms with van der Waals surface area (Å²) in [4.78, 5) is 29.0. The Balaban J connectivity index is 0. The number of unbranched alkanes of at least 4 members (excludes halogenated alkanes) is 1. The number of hydrogen-bond donors (Lipinski definition) is 3. The zero-order valence-corrected chi connectivity index (χ0v) is 18.9. The summed E-state index contributed by atoms with van der Waals surface area (Å²) < 4.78 is 5.25. The molecule has 1 rings (SSSR count). The number of nitrogens with one attached hydrogen (secondary N) is 2. The van der Waals surface area contributed by atoms with Gasteiger partial charge in [-0.3, -0.25) is 14.6 Å². The van der Waals surface area contributed by atoms with Crippen molar-refractivity contribution >= 4 is 25.2 Å². The van der Waals surface area contributed by atoms with E-state index < -0.39 is 0 Å². The molecule has 0 saturated carbocycles. The molecule has 8 heteroatoms. The number of aldehydes is 1. The van der Waals surface area contributed by atoms with Gasteiger partial charge in [-0.2, -0.15) is 0 Å². The van der Waals surface area contributed by atoms with Crippen LogP contribution < -0.4 is 16.4 Å². The third kappa shape index (κ3) is 17.1. The van der Waals surface area contributed by atoms with Crippen LogP contribution >= 0.6 is 0 Å². The molecule has 1 amide bonds. The normalized spacial score (nSPS) is 10.6. The van der Waals surface area contributed by atoms with E-state index >= 15 is 0 Å². The van der Waals surface area contributed by atoms with Crippen LogP contribution in [0.25, 0.3) is 0 Å². The van der Waals surface area contributed by atoms with E-state index in [-0.39, 0.29) is 18.3 Å². The summed E-state index contributed by atoms with van der Waals surface area (Å²) in [5, 5.41) is 5.39. The first kappa shape index (κ1) is 29.2. The monoisotopic (exact) mass is 419 g/mol. The molecular formula is C22H37N5O3. The number of rotatable bonds is 11. The molecule has 0 atom stereocenters. The molecule has 0 aliphatic heterocycles. The molecule has 0 bridgehead atoms. The van der Waals surface area contributed by atoms with E-state index in [1.807, 2.05) is 39.0 Å². The molecule has 0 aromatic heterocycles. The number of allylic oxidation sites excluding steroid dienone is 1. The van der Waals surface area contributed by atoms with Gasteiger partial charge in [0.1, 0.15) is 25.4 Å². The van der Waals surface area contributed by atoms with Crippen LogP contribution in [0.4, 0.5) is 0 Å². The standard InChI is InChI=1S/C12H23N5O2.C8H8O.C2H6/c1-4-5-6-19-9-16-8-15-7-11(18)17-10(2)12(13)14-3;1-7-3-2-4-8(5-7)6-9;1-2/h8H,3-7,9,13H2,1-2H3,(H,15,16)(H,17,18);2-6H,1H3;1-2H3/b12-10+;;. The van der Waals surface area contributed by atoms with E-state index in [1.165, 1.54) is 6.34 Å². The molecular weight excluding hydrogens is 382 g/mol. The molecule has 0 aliphatic rings. The summed E-state index contributed by atoms with van der Waals surface area (Å²) in [6.07, 6.45) is 4.43. The molecule has 168 valence electrons. The lowest BCUT2D eigenvalue weighted by Gasteiger charge is -2.04. The predicted molar refractivity (Wildman–Crippen MR) is 125 cm³/mol. The Hall–Kier alpha value is -3.00. The molecule has 0 unspecified atom stereocenters. The van der Waals surface area contributed by atoms with Gasteiger partial charge in [0.2, 0.25) is 5.91 Å². The first-order valence-corrected chi connectivity index (χ1v) is 9.98. The first-order chi connectivity index (χ1) is 14.4. The molecule has 1 aromatic carbocycles. The van der Waals surface area contributed by atoms with Crippen LogP contribution in [0, 0.1) is 6.92 Å². The number of aryl methyl sites for hydroxylation is 1. The lowest BCUT2D eigenvalue weighted by atomic mass is 10.2. The average Bonchev–Trinajstić information content (AvgIpc) is 2.76. The highest BCUT2D eigenvalue weighted by molar-refractivity contribution is 5.81. The van der Waals surface area contributed by atoms with Gasteiger partial charge < -0.3 is 21.1 Å². The Morgan fingerprint density at radius 2 is 2.03 bits per heavy atom. The van der Waals surface area contributed by atoms with Crippen LogP contribution in [0.2, 0.25) is 0 Å². The largest absolute Gasteiger partial charge is 0.382 e. The first-order valence-electron chi connectivity index (χ1n) is 9.98. The lowest BCUT2D eigenvalue weighted by Crippen LogP contribution is -2.26. The second-order valence-corrected chi connectivity index (χ2v) is 5.83. The predicted octanol–water partition coefficient (Wildman–Crippen LogP) is 3.18. The fourth-order valence-corrected chi connectivity index (χ4v) is 1.78. The Morgan fingerprint density at radius 3 is 2.57 bits per heavy atom. The van der Waals surface area contributed by atoms with Crippen molar-refractivity contribution in [1.29, 1.82) is 0 Å². The van der Waals surface area contributed by atoms with Crippen molar-refractivity contribution in [2.24, 2.45) is 15.7 Å². The maximum atomic E-state index is 11.4. The topological polar surface area (TPSA) is 118 Å². The van der Waals surface area contributed by atoms with E-state index in [1.54, 1.807) is 13.0 Å². The summed E-state index contributed by atoms with van der Waals surface area (Å²) in [7, 11) is 0. The minimum atomic E-state index is -0.269. The van der Waals surface area contributed by atoms with E-state index in [0.717, 1.165) is 36.9 Å². The van der Waals surface area contributed by atoms with Gasteiger partial charge in [0.05, 0.1) is 12.0 Å². The highest BCUT2D eigenvalue weighted by Gasteiger charge is 2.01. The summed E-state index contributed by atoms with van der Waals surface area (Å²) >= 11 is 0. The van der Waals surface area contributed by atoms with Gasteiger partial charge in [0.25, 0.3) is 0 Å². The van der Waals surface area contributed by atoms with Crippen LogP contribution in [0.1, 0.15) is 56.5 Å². The van der Waals surface area contributed by atoms with E-state index in [9.17, 15) is 9.59 Å². The molecule has 8 nitrogen and oxygen atoms in total. The zero-order chi connectivity index (χ0) is 23.2. The molecule has 0 heterocycles. The van der Waals surface area contributed by atoms with Crippen LogP contribution in [0.15, 0.2) is 45.8 Å². The number of benzene rings is 1. The van der Waals surface area contributed by atoms with Crippen molar-refractivity contribution in [3.8, 4) is 0 Å². The number of ether oxygens (including phenoxy) is 1. The van der Waals surface area contributed by atoms with Gasteiger partial charge in [-0.1, -0.05) is 51.0 Å². The highest BCUT2D eigenvalue weighted by atomic mass is 16.5. The van der Waals surface area contributed by atoms with Crippen LogP contribution in [-0.4, -0.2) is 45.1 Å². The fraction of sp³-hybridized carbons (Fsp3) is 0.455. The summed E-state index contributed by atoms with van der Waals surface area (Å²) in [5.41, 5.74) is 7.80. The maximum Gasteiger partial charge on any atom is 0.245 e. The number of nitrogens with two attached hydrogens (primary N) is 1. The van der Waals surface area contributed by atoms with Gasteiger partial charge in [-0.15, -0.1) is 0 Å². The number of amides is 1. The SMILES string of the molecule is C=N/C(N)=C(\C)NC(=O)CN=CNCOCCCC.CC.Cc1cccc(C=O)c1. The fourth-order valence-electron chi connectivity index (χ4n) is 1.78. The number of carbonyl (C=O) groups excluding carboxylic acids is 2. The van der Waals surface area contributed by atoms with Gasteiger partial charge in [-0.25, -0.2) is 4.99 Å². The Labute approximate surface area is 180 Å². The molecule has 0 saturated heterocycles. The van der Waals surface area contributed by atoms with Gasteiger partial charge >= 0.3 is 0 Å². The lowest BCUT2D eigenvalue weighted by molar-refractivity contribution is -0.119. The second kappa shape index (κ2) is 20.7. The molecule has 30 heavy (non-hydrogen) atoms. The van der Waals surface area contributed by atoms with Crippen LogP contribution in [0.3, 0.4) is 0 Å². The summed E-state index contributed by atoms with van der Waals surface area (Å²) in [5.74, 6) is -0.0752. The summed E-state index contributed by atoms with van der Waals surface area (Å²) in [6, 6.07) is 7.49. The second-order valence-electron chi connectivity index (χ2n) is 5.83. The third-order valence-corrected chi connectivity index (χ3v) is 3.30. The molecule has 0 radical (unpaired) electrons. The van der Waals surface area contributed by atoms with Crippen molar-refractivity contribution in [3.05, 3.63) is 46.9 Å². The number of hydrogen-bond acceptors (Lipinski definition) is 6. The smallest absolute Gasteiger partial charge is 0.245 e. The quantitative estimate of drug-likeness (QED) is 0.167. The van der Waals surface area contributed by atoms with E-state index in [0.29, 0.717) is 12.4 Å². The molecule has 0 aliphatic carbocycles. The maximum absolute atomic E-state index is 11.4. The Kier molecular flexibility index (Phi) is 20.2. The van der Waals surface area contributed by atoms with Gasteiger partial charge in [-0.05, 0) is 33.1 Å². The van der Waals surface area contributed by atoms with E-state index in [4.69, 9.17) is 10.5 Å². The summed E-state index contributed by atoms with van der Waals surface area (Å²) in [6.45, 7) is 14.1.